The van der Waals surface area contributed by atoms with Crippen molar-refractivity contribution >= 4 is 18.3 Å². The summed E-state index contributed by atoms with van der Waals surface area (Å²) in [6, 6.07) is 6.36. The van der Waals surface area contributed by atoms with Crippen LogP contribution in [0.15, 0.2) is 18.2 Å². The average Bonchev–Trinajstić information content (AvgIpc) is 2.99. The van der Waals surface area contributed by atoms with Crippen LogP contribution in [0.3, 0.4) is 0 Å². The van der Waals surface area contributed by atoms with Gasteiger partial charge in [-0.25, -0.2) is 0 Å². The molecule has 0 radical (unpaired) electrons. The van der Waals surface area contributed by atoms with Crippen LogP contribution in [-0.4, -0.2) is 38.8 Å². The number of nitrogens with one attached hydrogen (secondary N) is 2. The Hall–Kier alpha value is -1.30. The van der Waals surface area contributed by atoms with E-state index in [2.05, 4.69) is 10.6 Å². The minimum Gasteiger partial charge on any atom is -0.491 e. The molecule has 1 amide bonds. The van der Waals surface area contributed by atoms with Gasteiger partial charge in [0.2, 0.25) is 5.91 Å². The fraction of sp³-hybridized carbons (Fsp3) is 0.588. The van der Waals surface area contributed by atoms with E-state index in [4.69, 9.17) is 9.47 Å². The second-order valence-corrected chi connectivity index (χ2v) is 5.73. The van der Waals surface area contributed by atoms with Crippen LogP contribution in [0.2, 0.25) is 0 Å². The molecule has 0 aliphatic carbocycles. The summed E-state index contributed by atoms with van der Waals surface area (Å²) < 4.78 is 10.7. The van der Waals surface area contributed by atoms with Crippen molar-refractivity contribution in [2.45, 2.75) is 38.8 Å². The molecule has 1 heterocycles. The minimum atomic E-state index is 0. The molecule has 1 fully saturated rings. The zero-order valence-corrected chi connectivity index (χ0v) is 14.7. The smallest absolute Gasteiger partial charge is 0.221 e. The van der Waals surface area contributed by atoms with Crippen molar-refractivity contribution in [1.82, 2.24) is 10.6 Å². The molecule has 0 spiro atoms. The van der Waals surface area contributed by atoms with E-state index in [9.17, 15) is 4.79 Å². The summed E-state index contributed by atoms with van der Waals surface area (Å²) in [7, 11) is 1.65. The molecule has 6 heteroatoms. The Balaban J connectivity index is 0.00000264. The van der Waals surface area contributed by atoms with Crippen molar-refractivity contribution < 1.29 is 14.3 Å². The first-order chi connectivity index (χ1) is 10.7. The van der Waals surface area contributed by atoms with Gasteiger partial charge in [-0.05, 0) is 37.9 Å². The molecule has 0 bridgehead atoms. The Morgan fingerprint density at radius 2 is 2.22 bits per heavy atom. The van der Waals surface area contributed by atoms with E-state index in [0.29, 0.717) is 32.2 Å². The van der Waals surface area contributed by atoms with Crippen LogP contribution in [0.1, 0.15) is 30.4 Å². The zero-order chi connectivity index (χ0) is 15.8. The number of rotatable bonds is 8. The van der Waals surface area contributed by atoms with Crippen LogP contribution in [0, 0.1) is 6.92 Å². The van der Waals surface area contributed by atoms with Crippen molar-refractivity contribution in [3.63, 3.8) is 0 Å². The van der Waals surface area contributed by atoms with E-state index in [-0.39, 0.29) is 18.3 Å². The molecule has 1 saturated heterocycles. The predicted molar refractivity (Wildman–Crippen MR) is 93.3 cm³/mol. The Labute approximate surface area is 144 Å². The molecule has 1 aromatic rings. The maximum absolute atomic E-state index is 12.0. The van der Waals surface area contributed by atoms with Crippen molar-refractivity contribution in [2.24, 2.45) is 0 Å². The van der Waals surface area contributed by atoms with Crippen LogP contribution in [0.5, 0.6) is 5.75 Å². The first-order valence-electron chi connectivity index (χ1n) is 7.90. The number of amides is 1. The van der Waals surface area contributed by atoms with Gasteiger partial charge < -0.3 is 20.1 Å². The summed E-state index contributed by atoms with van der Waals surface area (Å²) in [5.41, 5.74) is 2.13. The van der Waals surface area contributed by atoms with E-state index < -0.39 is 0 Å². The number of methoxy groups -OCH3 is 1. The van der Waals surface area contributed by atoms with Gasteiger partial charge in [-0.15, -0.1) is 12.4 Å². The van der Waals surface area contributed by atoms with Crippen LogP contribution < -0.4 is 15.4 Å². The highest BCUT2D eigenvalue weighted by Gasteiger charge is 2.17. The number of carbonyl (C=O) groups excluding carboxylic acids is 1. The molecule has 1 aliphatic heterocycles. The van der Waals surface area contributed by atoms with Gasteiger partial charge in [-0.2, -0.15) is 0 Å². The van der Waals surface area contributed by atoms with E-state index >= 15 is 0 Å². The maximum Gasteiger partial charge on any atom is 0.221 e. The molecule has 23 heavy (non-hydrogen) atoms. The monoisotopic (exact) mass is 342 g/mol. The molecule has 0 saturated carbocycles. The second kappa shape index (κ2) is 10.5. The Bertz CT molecular complexity index is 491. The standard InChI is InChI=1S/C17H26N2O3.ClH/c1-13-5-6-14(16(10-13)22-9-8-21-2)12-19-17(20)11-15-4-3-7-18-15;/h5-6,10,15,18H,3-4,7-9,11-12H2,1-2H3,(H,19,20);1H. The second-order valence-electron chi connectivity index (χ2n) is 5.73. The Kier molecular flexibility index (Phi) is 8.99. The molecular formula is C17H27ClN2O3. The zero-order valence-electron chi connectivity index (χ0n) is 13.9. The first-order valence-corrected chi connectivity index (χ1v) is 7.90. The molecule has 1 aliphatic rings. The highest BCUT2D eigenvalue weighted by Crippen LogP contribution is 2.20. The van der Waals surface area contributed by atoms with E-state index in [0.717, 1.165) is 36.3 Å². The van der Waals surface area contributed by atoms with E-state index in [1.807, 2.05) is 25.1 Å². The van der Waals surface area contributed by atoms with Gasteiger partial charge in [0.15, 0.2) is 0 Å². The lowest BCUT2D eigenvalue weighted by Crippen LogP contribution is -2.31. The van der Waals surface area contributed by atoms with Crippen LogP contribution in [0.25, 0.3) is 0 Å². The normalized spacial score (nSPS) is 16.7. The van der Waals surface area contributed by atoms with E-state index in [1.165, 1.54) is 0 Å². The number of carbonyl (C=O) groups is 1. The third-order valence-electron chi connectivity index (χ3n) is 3.84. The van der Waals surface area contributed by atoms with Gasteiger partial charge >= 0.3 is 0 Å². The summed E-state index contributed by atoms with van der Waals surface area (Å²) in [4.78, 5) is 12.0. The van der Waals surface area contributed by atoms with Crippen molar-refractivity contribution in [2.75, 3.05) is 26.9 Å². The molecule has 2 N–H and O–H groups in total. The van der Waals surface area contributed by atoms with Crippen LogP contribution in [-0.2, 0) is 16.1 Å². The summed E-state index contributed by atoms with van der Waals surface area (Å²) in [6.07, 6.45) is 2.79. The van der Waals surface area contributed by atoms with Gasteiger partial charge in [0, 0.05) is 31.7 Å². The van der Waals surface area contributed by atoms with Crippen LogP contribution >= 0.6 is 12.4 Å². The van der Waals surface area contributed by atoms with Gasteiger partial charge in [-0.1, -0.05) is 12.1 Å². The first kappa shape index (κ1) is 19.7. The lowest BCUT2D eigenvalue weighted by Gasteiger charge is -2.14. The molecule has 1 aromatic carbocycles. The molecule has 0 aromatic heterocycles. The van der Waals surface area contributed by atoms with Gasteiger partial charge in [0.25, 0.3) is 0 Å². The lowest BCUT2D eigenvalue weighted by atomic mass is 10.1. The fourth-order valence-electron chi connectivity index (χ4n) is 2.60. The van der Waals surface area contributed by atoms with Crippen molar-refractivity contribution in [3.05, 3.63) is 29.3 Å². The molecule has 130 valence electrons. The SMILES string of the molecule is COCCOc1cc(C)ccc1CNC(=O)CC1CCCN1.Cl. The molecule has 1 atom stereocenters. The number of halogens is 1. The summed E-state index contributed by atoms with van der Waals surface area (Å²) in [5.74, 6) is 0.902. The largest absolute Gasteiger partial charge is 0.491 e. The topological polar surface area (TPSA) is 59.6 Å². The highest BCUT2D eigenvalue weighted by molar-refractivity contribution is 5.85. The fourth-order valence-corrected chi connectivity index (χ4v) is 2.60. The number of hydrogen-bond donors (Lipinski definition) is 2. The number of ether oxygens (including phenoxy) is 2. The van der Waals surface area contributed by atoms with Gasteiger partial charge in [-0.3, -0.25) is 4.79 Å². The Morgan fingerprint density at radius 1 is 1.39 bits per heavy atom. The maximum atomic E-state index is 12.0. The summed E-state index contributed by atoms with van der Waals surface area (Å²) in [6.45, 7) is 4.60. The number of hydrogen-bond acceptors (Lipinski definition) is 4. The molecule has 5 nitrogen and oxygen atoms in total. The molecular weight excluding hydrogens is 316 g/mol. The summed E-state index contributed by atoms with van der Waals surface area (Å²) >= 11 is 0. The lowest BCUT2D eigenvalue weighted by molar-refractivity contribution is -0.121. The Morgan fingerprint density at radius 3 is 2.91 bits per heavy atom. The predicted octanol–water partition coefficient (Wildman–Crippen LogP) is 2.20. The van der Waals surface area contributed by atoms with Gasteiger partial charge in [0.05, 0.1) is 6.61 Å². The molecule has 2 rings (SSSR count). The summed E-state index contributed by atoms with van der Waals surface area (Å²) in [5, 5.41) is 6.33. The highest BCUT2D eigenvalue weighted by atomic mass is 35.5. The third-order valence-corrected chi connectivity index (χ3v) is 3.84. The average molecular weight is 343 g/mol. The van der Waals surface area contributed by atoms with Crippen molar-refractivity contribution in [3.8, 4) is 5.75 Å². The minimum absolute atomic E-state index is 0. The van der Waals surface area contributed by atoms with Crippen LogP contribution in [0.4, 0.5) is 0 Å². The van der Waals surface area contributed by atoms with E-state index in [1.54, 1.807) is 7.11 Å². The van der Waals surface area contributed by atoms with Gasteiger partial charge in [0.1, 0.15) is 12.4 Å². The molecule has 1 unspecified atom stereocenters. The quantitative estimate of drug-likeness (QED) is 0.711. The van der Waals surface area contributed by atoms with Crippen molar-refractivity contribution in [1.29, 1.82) is 0 Å². The number of benzene rings is 1. The third kappa shape index (κ3) is 6.77. The number of aryl methyl sites for hydroxylation is 1.